The zero-order valence-corrected chi connectivity index (χ0v) is 9.73. The van der Waals surface area contributed by atoms with Crippen LogP contribution in [0, 0.1) is 11.3 Å². The van der Waals surface area contributed by atoms with E-state index in [4.69, 9.17) is 5.73 Å². The summed E-state index contributed by atoms with van der Waals surface area (Å²) in [6.45, 7) is 4.89. The summed E-state index contributed by atoms with van der Waals surface area (Å²) >= 11 is 0. The maximum absolute atomic E-state index is 11.5. The van der Waals surface area contributed by atoms with Crippen LogP contribution in [0.4, 0.5) is 0 Å². The van der Waals surface area contributed by atoms with Gasteiger partial charge < -0.3 is 5.73 Å². The van der Waals surface area contributed by atoms with Crippen molar-refractivity contribution in [1.82, 2.24) is 4.72 Å². The maximum atomic E-state index is 11.5. The van der Waals surface area contributed by atoms with Gasteiger partial charge in [0.1, 0.15) is 0 Å². The Bertz CT molecular complexity index is 281. The van der Waals surface area contributed by atoms with Gasteiger partial charge in [0.15, 0.2) is 0 Å². The number of hydrogen-bond acceptors (Lipinski definition) is 3. The molecule has 1 saturated carbocycles. The average Bonchev–Trinajstić information content (AvgIpc) is 2.79. The van der Waals surface area contributed by atoms with Crippen molar-refractivity contribution in [3.05, 3.63) is 0 Å². The summed E-state index contributed by atoms with van der Waals surface area (Å²) in [4.78, 5) is 0. The third-order valence-electron chi connectivity index (χ3n) is 2.61. The molecule has 14 heavy (non-hydrogen) atoms. The second kappa shape index (κ2) is 4.16. The highest BCUT2D eigenvalue weighted by Crippen LogP contribution is 2.43. The lowest BCUT2D eigenvalue weighted by atomic mass is 10.1. The molecule has 0 aromatic carbocycles. The summed E-state index contributed by atoms with van der Waals surface area (Å²) in [5.74, 6) is 0.369. The van der Waals surface area contributed by atoms with Gasteiger partial charge in [-0.3, -0.25) is 0 Å². The van der Waals surface area contributed by atoms with Crippen LogP contribution in [0.25, 0.3) is 0 Å². The quantitative estimate of drug-likeness (QED) is 0.676. The van der Waals surface area contributed by atoms with E-state index < -0.39 is 10.0 Å². The fourth-order valence-electron chi connectivity index (χ4n) is 1.39. The Balaban J connectivity index is 2.37. The molecule has 1 aliphatic rings. The first-order valence-corrected chi connectivity index (χ1v) is 6.72. The summed E-state index contributed by atoms with van der Waals surface area (Å²) in [6.07, 6.45) is 2.10. The van der Waals surface area contributed by atoms with E-state index in [0.29, 0.717) is 13.1 Å². The highest BCUT2D eigenvalue weighted by Gasteiger charge is 2.41. The Morgan fingerprint density at radius 1 is 1.43 bits per heavy atom. The summed E-state index contributed by atoms with van der Waals surface area (Å²) in [7, 11) is -3.09. The molecule has 3 N–H and O–H groups in total. The first-order chi connectivity index (χ1) is 6.39. The second-order valence-electron chi connectivity index (χ2n) is 4.70. The number of rotatable bonds is 6. The average molecular weight is 220 g/mol. The van der Waals surface area contributed by atoms with Crippen LogP contribution in [0.1, 0.15) is 26.7 Å². The van der Waals surface area contributed by atoms with Gasteiger partial charge in [-0.1, -0.05) is 13.8 Å². The van der Waals surface area contributed by atoms with E-state index in [9.17, 15) is 8.42 Å². The molecule has 0 amide bonds. The predicted octanol–water partition coefficient (Wildman–Crippen LogP) is 0.301. The summed E-state index contributed by atoms with van der Waals surface area (Å²) in [6, 6.07) is 0. The molecule has 0 bridgehead atoms. The SMILES string of the molecule is CC(C)CS(=O)(=O)NCC1(CN)CC1. The topological polar surface area (TPSA) is 72.2 Å². The molecule has 0 spiro atoms. The van der Waals surface area contributed by atoms with E-state index in [2.05, 4.69) is 4.72 Å². The lowest BCUT2D eigenvalue weighted by Gasteiger charge is -2.14. The summed E-state index contributed by atoms with van der Waals surface area (Å²) < 4.78 is 25.6. The molecule has 0 radical (unpaired) electrons. The smallest absolute Gasteiger partial charge is 0.211 e. The number of hydrogen-bond donors (Lipinski definition) is 2. The van der Waals surface area contributed by atoms with Crippen LogP contribution in [-0.2, 0) is 10.0 Å². The molecular formula is C9H20N2O2S. The second-order valence-corrected chi connectivity index (χ2v) is 6.55. The molecule has 0 saturated heterocycles. The molecule has 1 aliphatic carbocycles. The van der Waals surface area contributed by atoms with Crippen LogP contribution in [0.15, 0.2) is 0 Å². The lowest BCUT2D eigenvalue weighted by molar-refractivity contribution is 0.497. The standard InChI is InChI=1S/C9H20N2O2S/c1-8(2)5-14(12,13)11-7-9(6-10)3-4-9/h8,11H,3-7,10H2,1-2H3. The first-order valence-electron chi connectivity index (χ1n) is 5.07. The molecule has 84 valence electrons. The van der Waals surface area contributed by atoms with Crippen LogP contribution in [0.2, 0.25) is 0 Å². The predicted molar refractivity (Wildman–Crippen MR) is 57.3 cm³/mol. The first kappa shape index (κ1) is 11.9. The molecular weight excluding hydrogens is 200 g/mol. The van der Waals surface area contributed by atoms with Crippen LogP contribution >= 0.6 is 0 Å². The van der Waals surface area contributed by atoms with Crippen molar-refractivity contribution >= 4 is 10.0 Å². The van der Waals surface area contributed by atoms with Gasteiger partial charge in [0, 0.05) is 6.54 Å². The van der Waals surface area contributed by atoms with Gasteiger partial charge in [0.2, 0.25) is 10.0 Å². The van der Waals surface area contributed by atoms with E-state index in [1.807, 2.05) is 13.8 Å². The van der Waals surface area contributed by atoms with Gasteiger partial charge >= 0.3 is 0 Å². The fourth-order valence-corrected chi connectivity index (χ4v) is 2.91. The zero-order valence-electron chi connectivity index (χ0n) is 8.91. The summed E-state index contributed by atoms with van der Waals surface area (Å²) in [5, 5.41) is 0. The maximum Gasteiger partial charge on any atom is 0.211 e. The molecule has 1 fully saturated rings. The Morgan fingerprint density at radius 3 is 2.36 bits per heavy atom. The summed E-state index contributed by atoms with van der Waals surface area (Å²) in [5.41, 5.74) is 5.64. The highest BCUT2D eigenvalue weighted by molar-refractivity contribution is 7.89. The number of nitrogens with two attached hydrogens (primary N) is 1. The van der Waals surface area contributed by atoms with E-state index in [1.54, 1.807) is 0 Å². The van der Waals surface area contributed by atoms with Crippen molar-refractivity contribution in [2.75, 3.05) is 18.8 Å². The molecule has 0 heterocycles. The van der Waals surface area contributed by atoms with Crippen molar-refractivity contribution in [1.29, 1.82) is 0 Å². The van der Waals surface area contributed by atoms with E-state index in [0.717, 1.165) is 12.8 Å². The van der Waals surface area contributed by atoms with Crippen molar-refractivity contribution < 1.29 is 8.42 Å². The third-order valence-corrected chi connectivity index (χ3v) is 4.30. The third kappa shape index (κ3) is 3.55. The molecule has 0 aromatic rings. The minimum Gasteiger partial charge on any atom is -0.330 e. The van der Waals surface area contributed by atoms with E-state index in [1.165, 1.54) is 0 Å². The van der Waals surface area contributed by atoms with Crippen LogP contribution in [0.3, 0.4) is 0 Å². The highest BCUT2D eigenvalue weighted by atomic mass is 32.2. The Hall–Kier alpha value is -0.130. The monoisotopic (exact) mass is 220 g/mol. The molecule has 0 aliphatic heterocycles. The number of nitrogens with one attached hydrogen (secondary N) is 1. The fraction of sp³-hybridized carbons (Fsp3) is 1.00. The van der Waals surface area contributed by atoms with Gasteiger partial charge in [-0.2, -0.15) is 0 Å². The van der Waals surface area contributed by atoms with Gasteiger partial charge in [-0.05, 0) is 30.7 Å². The number of sulfonamides is 1. The van der Waals surface area contributed by atoms with Crippen molar-refractivity contribution in [2.45, 2.75) is 26.7 Å². The minimum absolute atomic E-state index is 0.0735. The minimum atomic E-state index is -3.09. The van der Waals surface area contributed by atoms with Crippen LogP contribution in [0.5, 0.6) is 0 Å². The Morgan fingerprint density at radius 2 is 2.00 bits per heavy atom. The molecule has 5 heteroatoms. The van der Waals surface area contributed by atoms with Crippen molar-refractivity contribution in [3.63, 3.8) is 0 Å². The van der Waals surface area contributed by atoms with Gasteiger partial charge in [0.05, 0.1) is 5.75 Å². The van der Waals surface area contributed by atoms with Crippen LogP contribution in [-0.4, -0.2) is 27.3 Å². The Kier molecular flexibility index (Phi) is 3.55. The molecule has 0 unspecified atom stereocenters. The molecule has 0 aromatic heterocycles. The van der Waals surface area contributed by atoms with E-state index >= 15 is 0 Å². The van der Waals surface area contributed by atoms with Gasteiger partial charge in [-0.25, -0.2) is 13.1 Å². The van der Waals surface area contributed by atoms with Crippen molar-refractivity contribution in [2.24, 2.45) is 17.1 Å². The Labute approximate surface area is 86.3 Å². The largest absolute Gasteiger partial charge is 0.330 e. The van der Waals surface area contributed by atoms with Gasteiger partial charge in [0.25, 0.3) is 0 Å². The molecule has 1 rings (SSSR count). The van der Waals surface area contributed by atoms with Crippen LogP contribution < -0.4 is 10.5 Å². The molecule has 4 nitrogen and oxygen atoms in total. The molecule has 0 atom stereocenters. The van der Waals surface area contributed by atoms with Crippen molar-refractivity contribution in [3.8, 4) is 0 Å². The van der Waals surface area contributed by atoms with E-state index in [-0.39, 0.29) is 17.1 Å². The zero-order chi connectivity index (χ0) is 10.8. The lowest BCUT2D eigenvalue weighted by Crippen LogP contribution is -2.36. The van der Waals surface area contributed by atoms with Gasteiger partial charge in [-0.15, -0.1) is 0 Å². The normalized spacial score (nSPS) is 20.0.